The van der Waals surface area contributed by atoms with Crippen molar-refractivity contribution in [2.24, 2.45) is 0 Å². The first-order chi connectivity index (χ1) is 9.57. The summed E-state index contributed by atoms with van der Waals surface area (Å²) in [6, 6.07) is 0. The maximum atomic E-state index is 9.30. The van der Waals surface area contributed by atoms with Gasteiger partial charge in [-0.3, -0.25) is 0 Å². The van der Waals surface area contributed by atoms with E-state index in [0.717, 1.165) is 32.1 Å². The molecule has 0 unspecified atom stereocenters. The zero-order valence-electron chi connectivity index (χ0n) is 14.6. The third-order valence-electron chi connectivity index (χ3n) is 1.02. The van der Waals surface area contributed by atoms with E-state index in [2.05, 4.69) is 0 Å². The molecule has 0 aromatic rings. The van der Waals surface area contributed by atoms with Crippen molar-refractivity contribution in [1.29, 1.82) is 0 Å². The normalized spacial score (nSPS) is 7.14. The van der Waals surface area contributed by atoms with Crippen LogP contribution in [0.5, 0.6) is 0 Å². The van der Waals surface area contributed by atoms with Crippen LogP contribution >= 0.6 is 0 Å². The Morgan fingerprint density at radius 2 is 0.429 bits per heavy atom. The minimum atomic E-state index is 0. The molecule has 21 heavy (non-hydrogen) atoms. The molecule has 0 aliphatic heterocycles. The molecule has 6 heteroatoms. The molecule has 0 N–H and O–H groups in total. The fourth-order valence-corrected chi connectivity index (χ4v) is 0. The van der Waals surface area contributed by atoms with E-state index in [9.17, 15) is 25.5 Å². The molecular formula is C15H35O5Zr. The summed E-state index contributed by atoms with van der Waals surface area (Å²) >= 11 is 0. The van der Waals surface area contributed by atoms with E-state index < -0.39 is 0 Å². The summed E-state index contributed by atoms with van der Waals surface area (Å²) in [4.78, 5) is 0. The molecule has 0 amide bonds. The van der Waals surface area contributed by atoms with Gasteiger partial charge in [-0.25, -0.2) is 0 Å². The van der Waals surface area contributed by atoms with Gasteiger partial charge in [0.25, 0.3) is 0 Å². The Morgan fingerprint density at radius 1 is 0.381 bits per heavy atom. The second-order valence-corrected chi connectivity index (χ2v) is 3.52. The fourth-order valence-electron chi connectivity index (χ4n) is 0. The predicted molar refractivity (Wildman–Crippen MR) is 75.8 cm³/mol. The Labute approximate surface area is 151 Å². The number of rotatable bonds is 5. The third-order valence-corrected chi connectivity index (χ3v) is 1.02. The van der Waals surface area contributed by atoms with Gasteiger partial charge in [0, 0.05) is 0 Å². The second kappa shape index (κ2) is 70.2. The molecule has 0 bridgehead atoms. The van der Waals surface area contributed by atoms with Crippen molar-refractivity contribution >= 4 is 0 Å². The maximum absolute atomic E-state index is 9.30. The Morgan fingerprint density at radius 3 is 0.429 bits per heavy atom. The van der Waals surface area contributed by atoms with Crippen LogP contribution in [0.4, 0.5) is 0 Å². The van der Waals surface area contributed by atoms with Crippen LogP contribution in [0.15, 0.2) is 0 Å². The van der Waals surface area contributed by atoms with Gasteiger partial charge in [0.2, 0.25) is 0 Å². The Balaban J connectivity index is -0.0000000331. The monoisotopic (exact) mass is 385 g/mol. The molecule has 0 radical (unpaired) electrons. The topological polar surface area (TPSA) is 115 Å². The molecule has 0 aliphatic rings. The van der Waals surface area contributed by atoms with Gasteiger partial charge < -0.3 is 25.5 Å². The summed E-state index contributed by atoms with van der Waals surface area (Å²) in [5.74, 6) is 0. The van der Waals surface area contributed by atoms with Crippen molar-refractivity contribution in [3.05, 3.63) is 0 Å². The first kappa shape index (κ1) is 37.7. The standard InChI is InChI=1S/5C3H7O.Zr/c5*1-2-3-4;/h5*2-3H2,1H3;/q5*-1;+5. The van der Waals surface area contributed by atoms with Crippen LogP contribution < -0.4 is 25.5 Å². The van der Waals surface area contributed by atoms with Gasteiger partial charge >= 0.3 is 26.2 Å². The van der Waals surface area contributed by atoms with Crippen molar-refractivity contribution in [3.8, 4) is 0 Å². The maximum Gasteiger partial charge on any atom is 5.00 e. The summed E-state index contributed by atoms with van der Waals surface area (Å²) < 4.78 is 0. The van der Waals surface area contributed by atoms with Crippen molar-refractivity contribution in [3.63, 3.8) is 0 Å². The van der Waals surface area contributed by atoms with Crippen LogP contribution in [0.2, 0.25) is 0 Å². The zero-order valence-corrected chi connectivity index (χ0v) is 17.1. The quantitative estimate of drug-likeness (QED) is 0.587. The van der Waals surface area contributed by atoms with Gasteiger partial charge in [0.1, 0.15) is 0 Å². The summed E-state index contributed by atoms with van der Waals surface area (Å²) in [6.45, 7) is 9.69. The minimum absolute atomic E-state index is 0. The van der Waals surface area contributed by atoms with Crippen molar-refractivity contribution in [1.82, 2.24) is 0 Å². The van der Waals surface area contributed by atoms with Gasteiger partial charge in [-0.15, -0.1) is 33.0 Å². The zero-order chi connectivity index (χ0) is 17.1. The van der Waals surface area contributed by atoms with Crippen LogP contribution in [-0.4, -0.2) is 33.0 Å². The summed E-state index contributed by atoms with van der Waals surface area (Å²) in [5.41, 5.74) is 0. The Bertz CT molecular complexity index is 55.2. The molecule has 129 valence electrons. The average molecular weight is 387 g/mol. The number of hydrogen-bond acceptors (Lipinski definition) is 5. The molecule has 0 aliphatic carbocycles. The van der Waals surface area contributed by atoms with Gasteiger partial charge in [0.15, 0.2) is 0 Å². The molecule has 0 rings (SSSR count). The van der Waals surface area contributed by atoms with E-state index in [0.29, 0.717) is 0 Å². The molecular weight excluding hydrogens is 351 g/mol. The van der Waals surface area contributed by atoms with Gasteiger partial charge in [-0.05, 0) is 0 Å². The molecule has 0 aromatic heterocycles. The molecule has 0 fully saturated rings. The first-order valence-electron chi connectivity index (χ1n) is 7.48. The molecule has 0 aromatic carbocycles. The van der Waals surface area contributed by atoms with Crippen molar-refractivity contribution in [2.45, 2.75) is 66.7 Å². The predicted octanol–water partition coefficient (Wildman–Crippen LogP) is -1.22. The van der Waals surface area contributed by atoms with E-state index in [1.165, 1.54) is 0 Å². The van der Waals surface area contributed by atoms with E-state index in [1.807, 2.05) is 34.6 Å². The van der Waals surface area contributed by atoms with Crippen LogP contribution in [0, 0.1) is 0 Å². The smallest absolute Gasteiger partial charge is 0.854 e. The summed E-state index contributed by atoms with van der Waals surface area (Å²) in [6.07, 6.45) is 3.82. The fraction of sp³-hybridized carbons (Fsp3) is 1.00. The van der Waals surface area contributed by atoms with E-state index in [1.54, 1.807) is 0 Å². The Hall–Kier alpha value is 0.683. The van der Waals surface area contributed by atoms with Crippen molar-refractivity contribution in [2.75, 3.05) is 33.0 Å². The molecule has 0 saturated carbocycles. The van der Waals surface area contributed by atoms with Crippen LogP contribution in [0.3, 0.4) is 0 Å². The molecule has 0 spiro atoms. The SMILES string of the molecule is CCC[O-].CCC[O-].CCC[O-].CCC[O-].CCC[O-].[Zr+5]. The molecule has 0 heterocycles. The van der Waals surface area contributed by atoms with Gasteiger partial charge in [-0.2, -0.15) is 0 Å². The minimum Gasteiger partial charge on any atom is -0.854 e. The Kier molecular flexibility index (Phi) is 126. The van der Waals surface area contributed by atoms with Crippen LogP contribution in [-0.2, 0) is 26.2 Å². The summed E-state index contributed by atoms with van der Waals surface area (Å²) in [7, 11) is 0. The largest absolute Gasteiger partial charge is 5.00 e. The van der Waals surface area contributed by atoms with Crippen LogP contribution in [0.1, 0.15) is 66.7 Å². The van der Waals surface area contributed by atoms with Crippen molar-refractivity contribution < 1.29 is 51.7 Å². The van der Waals surface area contributed by atoms with E-state index >= 15 is 0 Å². The first-order valence-corrected chi connectivity index (χ1v) is 7.48. The third kappa shape index (κ3) is 224. The van der Waals surface area contributed by atoms with E-state index in [-0.39, 0.29) is 59.2 Å². The number of hydrogen-bond donors (Lipinski definition) is 0. The molecule has 5 nitrogen and oxygen atoms in total. The molecule has 0 atom stereocenters. The van der Waals surface area contributed by atoms with E-state index in [4.69, 9.17) is 0 Å². The second-order valence-electron chi connectivity index (χ2n) is 3.52. The van der Waals surface area contributed by atoms with Gasteiger partial charge in [-0.1, -0.05) is 66.7 Å². The average Bonchev–Trinajstić information content (AvgIpc) is 2.55. The molecule has 0 saturated heterocycles. The van der Waals surface area contributed by atoms with Gasteiger partial charge in [0.05, 0.1) is 0 Å². The summed E-state index contributed by atoms with van der Waals surface area (Å²) in [5, 5.41) is 46.5. The van der Waals surface area contributed by atoms with Crippen LogP contribution in [0.25, 0.3) is 0 Å².